The summed E-state index contributed by atoms with van der Waals surface area (Å²) in [5.41, 5.74) is -0.877. The second-order valence-corrected chi connectivity index (χ2v) is 10.6. The summed E-state index contributed by atoms with van der Waals surface area (Å²) >= 11 is 0. The Morgan fingerprint density at radius 1 is 0.860 bits per heavy atom. The molecule has 1 aliphatic heterocycles. The van der Waals surface area contributed by atoms with Crippen molar-refractivity contribution in [2.45, 2.75) is 37.3 Å². The van der Waals surface area contributed by atoms with Crippen LogP contribution in [0.1, 0.15) is 17.4 Å². The highest BCUT2D eigenvalue weighted by molar-refractivity contribution is 5.83. The zero-order chi connectivity index (χ0) is 29.8. The van der Waals surface area contributed by atoms with Crippen molar-refractivity contribution >= 4 is 28.3 Å². The summed E-state index contributed by atoms with van der Waals surface area (Å²) in [4.78, 5) is 32.0. The molecule has 2 heterocycles. The highest BCUT2D eigenvalue weighted by Crippen LogP contribution is 2.40. The van der Waals surface area contributed by atoms with E-state index in [-0.39, 0.29) is 26.4 Å². The van der Waals surface area contributed by atoms with E-state index < -0.39 is 35.3 Å². The van der Waals surface area contributed by atoms with Crippen LogP contribution in [0.15, 0.2) is 112 Å². The standard InChI is InChI=1S/C33H31N3O7/c1-34-42-21-33(20-40-18-22-10-12-24-6-2-4-8-26(24)16-22)30(29(38)31(43-33)36-15-14-28(37)35-32(36)39)41-19-23-11-13-25-7-3-5-9-27(25)17-23/h2-17,29-31,38H,1,18-21H2,(H,35,37,39)/t29-,30+,31-,33+/m1/s1. The molecule has 4 aromatic carbocycles. The Kier molecular flexibility index (Phi) is 8.17. The van der Waals surface area contributed by atoms with Crippen LogP contribution in [0.25, 0.3) is 21.5 Å². The number of ether oxygens (including phenoxy) is 3. The predicted molar refractivity (Wildman–Crippen MR) is 162 cm³/mol. The van der Waals surface area contributed by atoms with Crippen LogP contribution in [0.5, 0.6) is 0 Å². The van der Waals surface area contributed by atoms with Gasteiger partial charge in [-0.3, -0.25) is 14.3 Å². The van der Waals surface area contributed by atoms with Crippen LogP contribution in [0.2, 0.25) is 0 Å². The minimum absolute atomic E-state index is 0.0661. The van der Waals surface area contributed by atoms with Gasteiger partial charge in [0.05, 0.1) is 19.8 Å². The van der Waals surface area contributed by atoms with Gasteiger partial charge in [-0.2, -0.15) is 0 Å². The van der Waals surface area contributed by atoms with Crippen molar-refractivity contribution in [2.75, 3.05) is 13.2 Å². The maximum Gasteiger partial charge on any atom is 0.330 e. The smallest absolute Gasteiger partial charge is 0.330 e. The Morgan fingerprint density at radius 2 is 1.49 bits per heavy atom. The molecule has 220 valence electrons. The van der Waals surface area contributed by atoms with E-state index in [1.807, 2.05) is 84.9 Å². The number of hydrogen-bond acceptors (Lipinski definition) is 8. The minimum atomic E-state index is -1.39. The van der Waals surface area contributed by atoms with Crippen LogP contribution in [-0.2, 0) is 32.3 Å². The molecule has 0 amide bonds. The molecule has 0 spiro atoms. The minimum Gasteiger partial charge on any atom is -0.393 e. The molecule has 1 saturated heterocycles. The molecule has 10 heteroatoms. The van der Waals surface area contributed by atoms with Crippen molar-refractivity contribution in [2.24, 2.45) is 5.16 Å². The Balaban J connectivity index is 1.29. The first kappa shape index (κ1) is 28.5. The first-order valence-corrected chi connectivity index (χ1v) is 13.9. The second kappa shape index (κ2) is 12.3. The van der Waals surface area contributed by atoms with Gasteiger partial charge in [0.15, 0.2) is 18.4 Å². The number of rotatable bonds is 11. The first-order chi connectivity index (χ1) is 21.0. The summed E-state index contributed by atoms with van der Waals surface area (Å²) in [6.45, 7) is 3.55. The molecule has 43 heavy (non-hydrogen) atoms. The lowest BCUT2D eigenvalue weighted by molar-refractivity contribution is -0.184. The van der Waals surface area contributed by atoms with Gasteiger partial charge in [0.25, 0.3) is 5.56 Å². The van der Waals surface area contributed by atoms with Crippen LogP contribution < -0.4 is 11.2 Å². The van der Waals surface area contributed by atoms with Crippen molar-refractivity contribution in [3.63, 3.8) is 0 Å². The SMILES string of the molecule is C=NOC[C@]1(COCc2ccc3ccccc3c2)O[C@@H](n2ccc(=O)[nH]c2=O)[C@H](O)[C@@H]1OCc1ccc2ccccc2c1. The summed E-state index contributed by atoms with van der Waals surface area (Å²) in [6.07, 6.45) is -2.28. The third kappa shape index (κ3) is 5.99. The van der Waals surface area contributed by atoms with E-state index in [0.717, 1.165) is 37.2 Å². The maximum absolute atomic E-state index is 12.7. The van der Waals surface area contributed by atoms with E-state index in [2.05, 4.69) is 16.9 Å². The number of aromatic nitrogens is 2. The van der Waals surface area contributed by atoms with E-state index in [1.54, 1.807) is 0 Å². The Bertz CT molecular complexity index is 1870. The number of nitrogens with one attached hydrogen (secondary N) is 1. The molecule has 2 N–H and O–H groups in total. The normalized spacial score (nSPS) is 21.7. The molecule has 6 rings (SSSR count). The molecule has 1 aliphatic rings. The van der Waals surface area contributed by atoms with Crippen LogP contribution in [0.4, 0.5) is 0 Å². The summed E-state index contributed by atoms with van der Waals surface area (Å²) in [7, 11) is 0. The van der Waals surface area contributed by atoms with Gasteiger partial charge in [0, 0.05) is 19.0 Å². The van der Waals surface area contributed by atoms with Gasteiger partial charge < -0.3 is 24.2 Å². The predicted octanol–water partition coefficient (Wildman–Crippen LogP) is 3.91. The van der Waals surface area contributed by atoms with E-state index in [1.165, 1.54) is 12.3 Å². The fourth-order valence-electron chi connectivity index (χ4n) is 5.55. The fourth-order valence-corrected chi connectivity index (χ4v) is 5.55. The largest absolute Gasteiger partial charge is 0.393 e. The van der Waals surface area contributed by atoms with Crippen molar-refractivity contribution in [3.05, 3.63) is 129 Å². The fraction of sp³-hybridized carbons (Fsp3) is 0.242. The zero-order valence-electron chi connectivity index (χ0n) is 23.3. The molecule has 0 saturated carbocycles. The van der Waals surface area contributed by atoms with Gasteiger partial charge in [0.2, 0.25) is 0 Å². The van der Waals surface area contributed by atoms with Crippen LogP contribution >= 0.6 is 0 Å². The lowest BCUT2D eigenvalue weighted by Gasteiger charge is -2.33. The lowest BCUT2D eigenvalue weighted by Crippen LogP contribution is -2.51. The summed E-state index contributed by atoms with van der Waals surface area (Å²) in [5.74, 6) is 0. The average molecular weight is 582 g/mol. The number of hydrogen-bond donors (Lipinski definition) is 2. The molecular formula is C33H31N3O7. The number of nitrogens with zero attached hydrogens (tertiary/aromatic N) is 2. The van der Waals surface area contributed by atoms with Gasteiger partial charge in [-0.15, -0.1) is 5.16 Å². The van der Waals surface area contributed by atoms with Gasteiger partial charge in [-0.05, 0) is 44.8 Å². The molecule has 0 bridgehead atoms. The van der Waals surface area contributed by atoms with Crippen molar-refractivity contribution in [1.29, 1.82) is 0 Å². The second-order valence-electron chi connectivity index (χ2n) is 10.6. The molecule has 0 unspecified atom stereocenters. The Labute approximate surface area is 246 Å². The molecule has 4 atom stereocenters. The molecule has 5 aromatic rings. The number of oxime groups is 1. The van der Waals surface area contributed by atoms with Crippen LogP contribution in [-0.4, -0.2) is 52.4 Å². The van der Waals surface area contributed by atoms with Crippen molar-refractivity contribution in [3.8, 4) is 0 Å². The van der Waals surface area contributed by atoms with Crippen LogP contribution in [0.3, 0.4) is 0 Å². The summed E-state index contributed by atoms with van der Waals surface area (Å²) in [6, 6.07) is 29.2. The maximum atomic E-state index is 12.7. The molecular weight excluding hydrogens is 550 g/mol. The van der Waals surface area contributed by atoms with Crippen molar-refractivity contribution in [1.82, 2.24) is 9.55 Å². The number of aliphatic hydroxyl groups excluding tert-OH is 1. The van der Waals surface area contributed by atoms with Gasteiger partial charge >= 0.3 is 5.69 Å². The molecule has 1 fully saturated rings. The van der Waals surface area contributed by atoms with Gasteiger partial charge in [-0.1, -0.05) is 72.8 Å². The monoisotopic (exact) mass is 581 g/mol. The van der Waals surface area contributed by atoms with Crippen molar-refractivity contribution < 1.29 is 24.2 Å². The topological polar surface area (TPSA) is 124 Å². The van der Waals surface area contributed by atoms with Crippen LogP contribution in [0, 0.1) is 0 Å². The molecule has 0 aliphatic carbocycles. The Morgan fingerprint density at radius 3 is 2.12 bits per heavy atom. The highest BCUT2D eigenvalue weighted by atomic mass is 16.7. The molecule has 10 nitrogen and oxygen atoms in total. The van der Waals surface area contributed by atoms with E-state index in [9.17, 15) is 14.7 Å². The average Bonchev–Trinajstić information content (AvgIpc) is 3.29. The summed E-state index contributed by atoms with van der Waals surface area (Å²) in [5, 5.41) is 19.4. The lowest BCUT2D eigenvalue weighted by atomic mass is 9.96. The highest BCUT2D eigenvalue weighted by Gasteiger charge is 2.57. The van der Waals surface area contributed by atoms with Gasteiger partial charge in [0.1, 0.15) is 12.2 Å². The number of H-pyrrole nitrogens is 1. The number of benzene rings is 4. The van der Waals surface area contributed by atoms with E-state index >= 15 is 0 Å². The molecule has 1 aromatic heterocycles. The number of fused-ring (bicyclic) bond motifs is 2. The zero-order valence-corrected chi connectivity index (χ0v) is 23.3. The third-order valence-electron chi connectivity index (χ3n) is 7.67. The van der Waals surface area contributed by atoms with E-state index in [0.29, 0.717) is 0 Å². The van der Waals surface area contributed by atoms with E-state index in [4.69, 9.17) is 19.0 Å². The van der Waals surface area contributed by atoms with Gasteiger partial charge in [-0.25, -0.2) is 4.79 Å². The quantitative estimate of drug-likeness (QED) is 0.179. The third-order valence-corrected chi connectivity index (χ3v) is 7.67. The summed E-state index contributed by atoms with van der Waals surface area (Å²) < 4.78 is 20.0. The molecule has 0 radical (unpaired) electrons. The Hall–Kier alpha value is -4.61. The first-order valence-electron chi connectivity index (χ1n) is 13.9. The number of aliphatic hydroxyl groups is 1. The number of aromatic amines is 1.